The van der Waals surface area contributed by atoms with Gasteiger partial charge in [-0.2, -0.15) is 0 Å². The number of rotatable bonds is 7. The molecule has 0 aliphatic carbocycles. The SMILES string of the molecule is O=[C][C@H](Cc1ccccc1)NC(=O)CNc1ccccc1. The first-order valence-electron chi connectivity index (χ1n) is 6.78. The van der Waals surface area contributed by atoms with Gasteiger partial charge < -0.3 is 10.6 Å². The van der Waals surface area contributed by atoms with E-state index in [1.807, 2.05) is 66.9 Å². The highest BCUT2D eigenvalue weighted by molar-refractivity contribution is 5.83. The van der Waals surface area contributed by atoms with Crippen molar-refractivity contribution in [1.29, 1.82) is 0 Å². The summed E-state index contributed by atoms with van der Waals surface area (Å²) < 4.78 is 0. The van der Waals surface area contributed by atoms with E-state index in [2.05, 4.69) is 10.6 Å². The topological polar surface area (TPSA) is 58.2 Å². The molecule has 21 heavy (non-hydrogen) atoms. The molecule has 0 aliphatic heterocycles. The lowest BCUT2D eigenvalue weighted by molar-refractivity contribution is -0.119. The summed E-state index contributed by atoms with van der Waals surface area (Å²) in [6, 6.07) is 18.3. The number of benzene rings is 2. The number of anilines is 1. The van der Waals surface area contributed by atoms with Gasteiger partial charge in [-0.05, 0) is 17.7 Å². The highest BCUT2D eigenvalue weighted by Gasteiger charge is 2.12. The number of hydrogen-bond donors (Lipinski definition) is 2. The van der Waals surface area contributed by atoms with Gasteiger partial charge in [-0.15, -0.1) is 0 Å². The van der Waals surface area contributed by atoms with Crippen molar-refractivity contribution in [2.45, 2.75) is 12.5 Å². The average Bonchev–Trinajstić information content (AvgIpc) is 2.54. The van der Waals surface area contributed by atoms with E-state index >= 15 is 0 Å². The third-order valence-corrected chi connectivity index (χ3v) is 2.99. The Morgan fingerprint density at radius 1 is 1.00 bits per heavy atom. The first-order chi connectivity index (χ1) is 10.3. The fourth-order valence-electron chi connectivity index (χ4n) is 1.96. The Balaban J connectivity index is 1.81. The fourth-order valence-corrected chi connectivity index (χ4v) is 1.96. The molecule has 2 N–H and O–H groups in total. The molecule has 2 aromatic carbocycles. The molecule has 0 unspecified atom stereocenters. The second kappa shape index (κ2) is 7.85. The minimum absolute atomic E-state index is 0.122. The smallest absolute Gasteiger partial charge is 0.239 e. The molecule has 1 atom stereocenters. The zero-order valence-electron chi connectivity index (χ0n) is 11.6. The highest BCUT2D eigenvalue weighted by atomic mass is 16.2. The van der Waals surface area contributed by atoms with Gasteiger partial charge >= 0.3 is 0 Å². The van der Waals surface area contributed by atoms with Crippen molar-refractivity contribution >= 4 is 17.9 Å². The number of nitrogens with one attached hydrogen (secondary N) is 2. The van der Waals surface area contributed by atoms with Gasteiger partial charge in [0, 0.05) is 12.1 Å². The van der Waals surface area contributed by atoms with Crippen molar-refractivity contribution in [3.05, 3.63) is 66.2 Å². The molecule has 107 valence electrons. The van der Waals surface area contributed by atoms with E-state index in [4.69, 9.17) is 0 Å². The summed E-state index contributed by atoms with van der Waals surface area (Å²) in [5, 5.41) is 5.66. The predicted molar refractivity (Wildman–Crippen MR) is 82.7 cm³/mol. The van der Waals surface area contributed by atoms with Crippen molar-refractivity contribution in [3.63, 3.8) is 0 Å². The van der Waals surface area contributed by atoms with Crippen LogP contribution < -0.4 is 10.6 Å². The van der Waals surface area contributed by atoms with Crippen LogP contribution in [0.2, 0.25) is 0 Å². The van der Waals surface area contributed by atoms with Gasteiger partial charge in [0.15, 0.2) is 0 Å². The van der Waals surface area contributed by atoms with E-state index in [9.17, 15) is 9.59 Å². The zero-order valence-corrected chi connectivity index (χ0v) is 11.6. The van der Waals surface area contributed by atoms with Gasteiger partial charge in [0.05, 0.1) is 12.6 Å². The quantitative estimate of drug-likeness (QED) is 0.815. The highest BCUT2D eigenvalue weighted by Crippen LogP contribution is 2.04. The van der Waals surface area contributed by atoms with E-state index in [0.717, 1.165) is 11.3 Å². The van der Waals surface area contributed by atoms with Gasteiger partial charge in [0.25, 0.3) is 0 Å². The van der Waals surface area contributed by atoms with Gasteiger partial charge in [-0.3, -0.25) is 9.59 Å². The summed E-state index contributed by atoms with van der Waals surface area (Å²) in [4.78, 5) is 22.8. The maximum Gasteiger partial charge on any atom is 0.239 e. The minimum Gasteiger partial charge on any atom is -0.376 e. The van der Waals surface area contributed by atoms with Gasteiger partial charge in [-0.1, -0.05) is 48.5 Å². The van der Waals surface area contributed by atoms with Crippen molar-refractivity contribution < 1.29 is 9.59 Å². The number of hydrogen-bond acceptors (Lipinski definition) is 3. The second-order valence-electron chi connectivity index (χ2n) is 4.65. The van der Waals surface area contributed by atoms with Crippen LogP contribution in [0.5, 0.6) is 0 Å². The normalized spacial score (nSPS) is 11.4. The maximum atomic E-state index is 11.8. The molecular weight excluding hydrogens is 264 g/mol. The lowest BCUT2D eigenvalue weighted by Crippen LogP contribution is -2.40. The molecule has 0 aliphatic rings. The molecule has 4 heteroatoms. The monoisotopic (exact) mass is 281 g/mol. The molecule has 0 fully saturated rings. The molecule has 0 bridgehead atoms. The Labute approximate surface area is 124 Å². The van der Waals surface area contributed by atoms with E-state index in [1.54, 1.807) is 0 Å². The van der Waals surface area contributed by atoms with Crippen molar-refractivity contribution in [2.75, 3.05) is 11.9 Å². The molecule has 2 aromatic rings. The fraction of sp³-hybridized carbons (Fsp3) is 0.176. The third-order valence-electron chi connectivity index (χ3n) is 2.99. The van der Waals surface area contributed by atoms with E-state index in [-0.39, 0.29) is 12.5 Å². The largest absolute Gasteiger partial charge is 0.376 e. The number of carbonyl (C=O) groups excluding carboxylic acids is 2. The first-order valence-corrected chi connectivity index (χ1v) is 6.78. The van der Waals surface area contributed by atoms with Crippen LogP contribution in [0.1, 0.15) is 5.56 Å². The summed E-state index contributed by atoms with van der Waals surface area (Å²) >= 11 is 0. The van der Waals surface area contributed by atoms with Crippen LogP contribution in [0.25, 0.3) is 0 Å². The van der Waals surface area contributed by atoms with Crippen molar-refractivity contribution in [3.8, 4) is 0 Å². The molecule has 0 saturated carbocycles. The van der Waals surface area contributed by atoms with Gasteiger partial charge in [0.2, 0.25) is 12.2 Å². The van der Waals surface area contributed by atoms with Crippen LogP contribution in [-0.4, -0.2) is 24.8 Å². The van der Waals surface area contributed by atoms with Crippen LogP contribution in [0.15, 0.2) is 60.7 Å². The maximum absolute atomic E-state index is 11.8. The molecule has 1 radical (unpaired) electrons. The zero-order chi connectivity index (χ0) is 14.9. The molecule has 4 nitrogen and oxygen atoms in total. The van der Waals surface area contributed by atoms with Crippen LogP contribution in [0, 0.1) is 0 Å². The van der Waals surface area contributed by atoms with Crippen LogP contribution >= 0.6 is 0 Å². The van der Waals surface area contributed by atoms with Crippen molar-refractivity contribution in [1.82, 2.24) is 5.32 Å². The summed E-state index contributed by atoms with van der Waals surface area (Å²) in [5.41, 5.74) is 1.85. The van der Waals surface area contributed by atoms with E-state index in [1.165, 1.54) is 0 Å². The third kappa shape index (κ3) is 5.10. The number of amides is 1. The Morgan fingerprint density at radius 2 is 1.62 bits per heavy atom. The molecule has 2 rings (SSSR count). The Bertz CT molecular complexity index is 570. The van der Waals surface area contributed by atoms with Crippen molar-refractivity contribution in [2.24, 2.45) is 0 Å². The van der Waals surface area contributed by atoms with Gasteiger partial charge in [-0.25, -0.2) is 0 Å². The number of para-hydroxylation sites is 1. The molecule has 0 spiro atoms. The Hall–Kier alpha value is -2.62. The summed E-state index contributed by atoms with van der Waals surface area (Å²) in [6.45, 7) is 0.122. The average molecular weight is 281 g/mol. The summed E-state index contributed by atoms with van der Waals surface area (Å²) in [6.07, 6.45) is 2.32. The molecular formula is C17H17N2O2. The van der Waals surface area contributed by atoms with Gasteiger partial charge in [0.1, 0.15) is 0 Å². The standard InChI is InChI=1S/C17H17N2O2/c20-13-16(11-14-7-3-1-4-8-14)19-17(21)12-18-15-9-5-2-6-10-15/h1-10,16,18H,11-12H2,(H,19,21)/t16-/m0/s1. The lowest BCUT2D eigenvalue weighted by atomic mass is 10.1. The van der Waals surface area contributed by atoms with Crippen LogP contribution in [0.4, 0.5) is 5.69 Å². The van der Waals surface area contributed by atoms with E-state index in [0.29, 0.717) is 6.42 Å². The first kappa shape index (κ1) is 14.8. The molecule has 0 aromatic heterocycles. The predicted octanol–water partition coefficient (Wildman–Crippen LogP) is 1.94. The number of carbonyl (C=O) groups is 1. The van der Waals surface area contributed by atoms with Crippen LogP contribution in [0.3, 0.4) is 0 Å². The molecule has 0 saturated heterocycles. The minimum atomic E-state index is -0.627. The molecule has 0 heterocycles. The van der Waals surface area contributed by atoms with Crippen LogP contribution in [-0.2, 0) is 16.0 Å². The van der Waals surface area contributed by atoms with E-state index < -0.39 is 6.04 Å². The summed E-state index contributed by atoms with van der Waals surface area (Å²) in [5.74, 6) is -0.233. The Kier molecular flexibility index (Phi) is 5.52. The lowest BCUT2D eigenvalue weighted by Gasteiger charge is -2.13. The molecule has 1 amide bonds. The Morgan fingerprint density at radius 3 is 2.24 bits per heavy atom. The second-order valence-corrected chi connectivity index (χ2v) is 4.65. The summed E-state index contributed by atoms with van der Waals surface area (Å²) in [7, 11) is 0.